The topological polar surface area (TPSA) is 114 Å². The van der Waals surface area contributed by atoms with Gasteiger partial charge in [-0.1, -0.05) is 70.4 Å². The summed E-state index contributed by atoms with van der Waals surface area (Å²) in [4.78, 5) is 56.7. The van der Waals surface area contributed by atoms with Gasteiger partial charge in [0, 0.05) is 28.2 Å². The van der Waals surface area contributed by atoms with Crippen molar-refractivity contribution in [3.8, 4) is 0 Å². The smallest absolute Gasteiger partial charge is 0.329 e. The van der Waals surface area contributed by atoms with E-state index in [1.807, 2.05) is 31.4 Å². The number of nitrogens with zero attached hydrogens (tertiary/aromatic N) is 1. The molecule has 3 rings (SSSR count). The summed E-state index contributed by atoms with van der Waals surface area (Å²) >= 11 is 4.40. The summed E-state index contributed by atoms with van der Waals surface area (Å²) in [6, 6.07) is -0.827. The number of cyclic esters (lactones) is 1. The van der Waals surface area contributed by atoms with Crippen molar-refractivity contribution in [1.29, 1.82) is 0 Å². The van der Waals surface area contributed by atoms with Gasteiger partial charge in [0.25, 0.3) is 0 Å². The molecule has 0 aromatic carbocycles. The Hall–Kier alpha value is -2.11. The number of unbranched alkanes of at least 4 members (excludes halogenated alkanes) is 5. The number of ether oxygens (including phenoxy) is 1. The highest BCUT2D eigenvalue weighted by Crippen LogP contribution is 2.37. The lowest BCUT2D eigenvalue weighted by Gasteiger charge is -2.24. The number of carbonyl (C=O) groups is 4. The summed E-state index contributed by atoms with van der Waals surface area (Å²) in [6.45, 7) is 6.18. The van der Waals surface area contributed by atoms with Crippen molar-refractivity contribution in [2.75, 3.05) is 11.5 Å². The van der Waals surface area contributed by atoms with Gasteiger partial charge in [0.15, 0.2) is 5.12 Å². The van der Waals surface area contributed by atoms with Gasteiger partial charge in [0.05, 0.1) is 24.6 Å². The zero-order valence-electron chi connectivity index (χ0n) is 24.3. The van der Waals surface area contributed by atoms with Gasteiger partial charge in [-0.15, -0.1) is 23.1 Å². The number of fused-ring (bicyclic) bond motifs is 4. The second-order valence-electron chi connectivity index (χ2n) is 10.7. The molecule has 0 radical (unpaired) electrons. The molecule has 1 aromatic heterocycles. The molecule has 4 bridgehead atoms. The lowest BCUT2D eigenvalue weighted by Crippen LogP contribution is -2.48. The minimum Gasteiger partial charge on any atom is -0.456 e. The fraction of sp³-hybridized carbons (Fsp3) is 0.633. The lowest BCUT2D eigenvalue weighted by molar-refractivity contribution is -0.153. The number of hydrogen-bond donors (Lipinski definition) is 2. The molecule has 0 spiro atoms. The fourth-order valence-corrected chi connectivity index (χ4v) is 7.17. The van der Waals surface area contributed by atoms with Crippen LogP contribution in [0.2, 0.25) is 0 Å². The van der Waals surface area contributed by atoms with Gasteiger partial charge in [-0.3, -0.25) is 14.4 Å². The standard InChI is InChI=1S/C30H43N3O5S3/c1-4-5-6-7-10-13-27(35)39-14-11-8-9-12-22-16-25(34)31-17-26-32-23(19-41-26)24-15-21(18-40-24)29(36)33-28(20(2)3)30(37)38-22/h9,12,15,19-22,28H,4-8,10-11,13-14,16-18H2,1-3H3,(H,31,34)(H,33,36)/b12-9+/t21-,22?,28?/m0/s1. The first-order valence-electron chi connectivity index (χ1n) is 14.7. The third kappa shape index (κ3) is 11.6. The van der Waals surface area contributed by atoms with E-state index in [-0.39, 0.29) is 41.7 Å². The number of carbonyl (C=O) groups excluding carboxylic acids is 4. The minimum absolute atomic E-state index is 0.0336. The van der Waals surface area contributed by atoms with E-state index in [0.29, 0.717) is 18.6 Å². The van der Waals surface area contributed by atoms with Crippen LogP contribution in [0, 0.1) is 11.8 Å². The average Bonchev–Trinajstić information content (AvgIpc) is 3.61. The quantitative estimate of drug-likeness (QED) is 0.169. The first-order valence-corrected chi connectivity index (χ1v) is 17.5. The number of nitrogens with one attached hydrogen (secondary N) is 2. The van der Waals surface area contributed by atoms with E-state index < -0.39 is 18.1 Å². The van der Waals surface area contributed by atoms with Crippen LogP contribution in [0.25, 0.3) is 4.91 Å². The van der Waals surface area contributed by atoms with Crippen LogP contribution in [0.15, 0.2) is 23.6 Å². The highest BCUT2D eigenvalue weighted by molar-refractivity contribution is 8.13. The molecule has 41 heavy (non-hydrogen) atoms. The average molecular weight is 622 g/mol. The van der Waals surface area contributed by atoms with Crippen molar-refractivity contribution in [1.82, 2.24) is 15.6 Å². The van der Waals surface area contributed by atoms with Crippen molar-refractivity contribution in [2.45, 2.75) is 97.2 Å². The number of amides is 2. The summed E-state index contributed by atoms with van der Waals surface area (Å²) in [5.41, 5.74) is 0.805. The lowest BCUT2D eigenvalue weighted by atomic mass is 10.0. The maximum atomic E-state index is 13.2. The SMILES string of the molecule is CCCCCCCC(=O)SCCC/C=C/C1CC(=O)NCc2nc(cs2)C2=C[C@@H](CS2)C(=O)NC(C(C)C)C(=O)O1. The third-order valence-corrected chi connectivity index (χ3v) is 9.88. The highest BCUT2D eigenvalue weighted by atomic mass is 32.2. The van der Waals surface area contributed by atoms with Gasteiger partial charge in [0.2, 0.25) is 11.8 Å². The molecule has 0 saturated heterocycles. The zero-order valence-corrected chi connectivity index (χ0v) is 26.8. The summed E-state index contributed by atoms with van der Waals surface area (Å²) in [5.74, 6) is -0.263. The van der Waals surface area contributed by atoms with Crippen LogP contribution in [0.5, 0.6) is 0 Å². The number of thiazole rings is 1. The normalized spacial score (nSPS) is 22.0. The van der Waals surface area contributed by atoms with Crippen molar-refractivity contribution in [3.05, 3.63) is 34.3 Å². The molecule has 3 heterocycles. The maximum Gasteiger partial charge on any atom is 0.329 e. The second-order valence-corrected chi connectivity index (χ2v) is 13.9. The molecule has 8 nitrogen and oxygen atoms in total. The largest absolute Gasteiger partial charge is 0.456 e. The van der Waals surface area contributed by atoms with E-state index in [9.17, 15) is 19.2 Å². The van der Waals surface area contributed by atoms with Crippen molar-refractivity contribution in [3.63, 3.8) is 0 Å². The van der Waals surface area contributed by atoms with Gasteiger partial charge in [-0.05, 0) is 31.3 Å². The first-order chi connectivity index (χ1) is 19.8. The zero-order chi connectivity index (χ0) is 29.6. The number of esters is 1. The molecule has 11 heteroatoms. The number of thioether (sulfide) groups is 2. The van der Waals surface area contributed by atoms with Crippen LogP contribution in [-0.2, 0) is 30.5 Å². The third-order valence-electron chi connectivity index (χ3n) is 6.83. The number of allylic oxidation sites excluding steroid dienone is 1. The molecule has 0 aliphatic carbocycles. The number of hydrogen-bond acceptors (Lipinski definition) is 9. The van der Waals surface area contributed by atoms with Crippen molar-refractivity contribution >= 4 is 62.7 Å². The molecule has 0 saturated carbocycles. The molecule has 2 amide bonds. The van der Waals surface area contributed by atoms with E-state index in [2.05, 4.69) is 22.5 Å². The van der Waals surface area contributed by atoms with E-state index in [1.54, 1.807) is 17.8 Å². The Morgan fingerprint density at radius 3 is 2.78 bits per heavy atom. The Bertz CT molecular complexity index is 1100. The Morgan fingerprint density at radius 2 is 2.00 bits per heavy atom. The predicted molar refractivity (Wildman–Crippen MR) is 168 cm³/mol. The summed E-state index contributed by atoms with van der Waals surface area (Å²) in [6.07, 6.45) is 12.6. The summed E-state index contributed by atoms with van der Waals surface area (Å²) < 4.78 is 5.77. The Labute approximate surface area is 256 Å². The van der Waals surface area contributed by atoms with Crippen LogP contribution in [0.4, 0.5) is 0 Å². The second kappa shape index (κ2) is 17.8. The number of rotatable bonds is 12. The van der Waals surface area contributed by atoms with Crippen LogP contribution >= 0.6 is 34.9 Å². The first kappa shape index (κ1) is 33.4. The fourth-order valence-electron chi connectivity index (χ4n) is 4.41. The molecule has 0 fully saturated rings. The molecule has 2 N–H and O–H groups in total. The molecule has 2 unspecified atom stereocenters. The molecular weight excluding hydrogens is 579 g/mol. The summed E-state index contributed by atoms with van der Waals surface area (Å²) in [5, 5.41) is 8.71. The van der Waals surface area contributed by atoms with Crippen molar-refractivity contribution in [2.24, 2.45) is 11.8 Å². The van der Waals surface area contributed by atoms with E-state index in [4.69, 9.17) is 4.74 Å². The number of aromatic nitrogens is 1. The van der Waals surface area contributed by atoms with Crippen molar-refractivity contribution < 1.29 is 23.9 Å². The maximum absolute atomic E-state index is 13.2. The molecule has 2 aliphatic heterocycles. The van der Waals surface area contributed by atoms with Gasteiger partial charge in [-0.2, -0.15) is 0 Å². The van der Waals surface area contributed by atoms with Crippen LogP contribution in [0.1, 0.15) is 89.3 Å². The molecule has 1 aromatic rings. The highest BCUT2D eigenvalue weighted by Gasteiger charge is 2.32. The van der Waals surface area contributed by atoms with E-state index >= 15 is 0 Å². The molecule has 2 aliphatic rings. The van der Waals surface area contributed by atoms with E-state index in [0.717, 1.165) is 40.6 Å². The van der Waals surface area contributed by atoms with Gasteiger partial charge in [0.1, 0.15) is 17.2 Å². The Balaban J connectivity index is 1.58. The van der Waals surface area contributed by atoms with E-state index in [1.165, 1.54) is 42.4 Å². The van der Waals surface area contributed by atoms with Crippen LogP contribution in [-0.4, -0.2) is 51.5 Å². The van der Waals surface area contributed by atoms with Gasteiger partial charge < -0.3 is 15.4 Å². The monoisotopic (exact) mass is 621 g/mol. The Morgan fingerprint density at radius 1 is 1.20 bits per heavy atom. The summed E-state index contributed by atoms with van der Waals surface area (Å²) in [7, 11) is 0. The molecule has 3 atom stereocenters. The van der Waals surface area contributed by atoms with Gasteiger partial charge in [-0.25, -0.2) is 9.78 Å². The minimum atomic E-state index is -0.827. The predicted octanol–water partition coefficient (Wildman–Crippen LogP) is 5.88. The van der Waals surface area contributed by atoms with Crippen LogP contribution in [0.3, 0.4) is 0 Å². The van der Waals surface area contributed by atoms with Crippen LogP contribution < -0.4 is 10.6 Å². The van der Waals surface area contributed by atoms with Gasteiger partial charge >= 0.3 is 5.97 Å². The molecule has 226 valence electrons. The molecular formula is C30H43N3O5S3. The Kier molecular flexibility index (Phi) is 14.5.